The number of anilines is 1. The number of halogens is 4. The van der Waals surface area contributed by atoms with Crippen molar-refractivity contribution in [1.82, 2.24) is 19.8 Å². The van der Waals surface area contributed by atoms with Gasteiger partial charge in [-0.25, -0.2) is 0 Å². The molecule has 0 aromatic heterocycles. The number of hydrogen-bond donors (Lipinski definition) is 1. The second-order valence-electron chi connectivity index (χ2n) is 14.3. The molecule has 1 saturated carbocycles. The number of likely N-dealkylation sites (tertiary alicyclic amines) is 2. The van der Waals surface area contributed by atoms with Crippen molar-refractivity contribution in [1.29, 1.82) is 0 Å². The first-order valence-electron chi connectivity index (χ1n) is 17.3. The summed E-state index contributed by atoms with van der Waals surface area (Å²) in [5.74, 6) is -1.09. The van der Waals surface area contributed by atoms with E-state index in [1.165, 1.54) is 29.5 Å². The van der Waals surface area contributed by atoms with E-state index < -0.39 is 23.3 Å². The van der Waals surface area contributed by atoms with Gasteiger partial charge in [-0.3, -0.25) is 9.59 Å². The van der Waals surface area contributed by atoms with E-state index in [1.54, 1.807) is 9.80 Å². The van der Waals surface area contributed by atoms with Crippen molar-refractivity contribution < 1.29 is 22.8 Å². The topological polar surface area (TPSA) is 96.2 Å². The molecule has 3 heterocycles. The van der Waals surface area contributed by atoms with Gasteiger partial charge in [-0.05, 0) is 99.6 Å². The fourth-order valence-corrected chi connectivity index (χ4v) is 8.36. The molecule has 1 unspecified atom stereocenters. The number of nitrogens with two attached hydrogens (primary N) is 1. The number of benzene rings is 2. The number of rotatable bonds is 8. The molecular formula is C36H46ClF3N5O3-. The highest BCUT2D eigenvalue weighted by atomic mass is 35.5. The third kappa shape index (κ3) is 7.95. The lowest BCUT2D eigenvalue weighted by Crippen LogP contribution is -2.49. The average Bonchev–Trinajstić information content (AvgIpc) is 3.93. The normalized spacial score (nSPS) is 22.4. The first-order chi connectivity index (χ1) is 22.9. The third-order valence-corrected chi connectivity index (χ3v) is 11.5. The summed E-state index contributed by atoms with van der Waals surface area (Å²) in [6.07, 6.45) is 2.16. The minimum atomic E-state index is -4.71. The van der Waals surface area contributed by atoms with E-state index in [4.69, 9.17) is 17.3 Å². The molecule has 0 bridgehead atoms. The maximum absolute atomic E-state index is 14.0. The first kappa shape index (κ1) is 35.0. The van der Waals surface area contributed by atoms with Crippen molar-refractivity contribution in [3.8, 4) is 0 Å². The van der Waals surface area contributed by atoms with Crippen LogP contribution < -0.4 is 5.73 Å². The van der Waals surface area contributed by atoms with E-state index in [0.29, 0.717) is 57.6 Å². The molecule has 2 aromatic rings. The van der Waals surface area contributed by atoms with Gasteiger partial charge in [-0.2, -0.15) is 13.2 Å². The van der Waals surface area contributed by atoms with Crippen LogP contribution in [0.3, 0.4) is 0 Å². The SMILES string of the molecule is CN(C1CC1)C1CCN(C(=O)[C@H](CC(=O)N2CCC(C3CCc4ccccc4CN3[O-])CC2)Cc2cc(Cl)c(N)c(C(F)(F)F)c2)CC1. The van der Waals surface area contributed by atoms with Crippen LogP contribution in [-0.4, -0.2) is 82.9 Å². The molecule has 12 heteroatoms. The predicted octanol–water partition coefficient (Wildman–Crippen LogP) is 6.13. The fourth-order valence-electron chi connectivity index (χ4n) is 8.12. The van der Waals surface area contributed by atoms with Crippen LogP contribution in [0.25, 0.3) is 0 Å². The fraction of sp³-hybridized carbons (Fsp3) is 0.611. The molecule has 2 N–H and O–H groups in total. The van der Waals surface area contributed by atoms with E-state index in [2.05, 4.69) is 18.0 Å². The van der Waals surface area contributed by atoms with Gasteiger partial charge < -0.3 is 30.7 Å². The van der Waals surface area contributed by atoms with Gasteiger partial charge in [0.15, 0.2) is 0 Å². The number of piperidine rings is 2. The van der Waals surface area contributed by atoms with Crippen molar-refractivity contribution in [3.05, 3.63) is 68.9 Å². The zero-order valence-electron chi connectivity index (χ0n) is 27.6. The van der Waals surface area contributed by atoms with Crippen molar-refractivity contribution in [2.45, 2.75) is 95.1 Å². The van der Waals surface area contributed by atoms with Crippen molar-refractivity contribution in [2.75, 3.05) is 39.0 Å². The molecule has 0 radical (unpaired) electrons. The van der Waals surface area contributed by atoms with E-state index in [9.17, 15) is 28.0 Å². The second-order valence-corrected chi connectivity index (χ2v) is 14.7. The van der Waals surface area contributed by atoms with Crippen LogP contribution in [0.4, 0.5) is 18.9 Å². The maximum atomic E-state index is 14.0. The Morgan fingerprint density at radius 1 is 0.958 bits per heavy atom. The Morgan fingerprint density at radius 3 is 2.23 bits per heavy atom. The smallest absolute Gasteiger partial charge is 0.418 e. The van der Waals surface area contributed by atoms with Gasteiger partial charge in [-0.15, -0.1) is 0 Å². The molecule has 4 aliphatic rings. The highest BCUT2D eigenvalue weighted by Crippen LogP contribution is 2.39. The first-order valence-corrected chi connectivity index (χ1v) is 17.7. The Morgan fingerprint density at radius 2 is 1.58 bits per heavy atom. The number of fused-ring (bicyclic) bond motifs is 1. The molecule has 1 aliphatic carbocycles. The van der Waals surface area contributed by atoms with Gasteiger partial charge in [0.05, 0.1) is 22.2 Å². The van der Waals surface area contributed by atoms with Gasteiger partial charge in [0.1, 0.15) is 0 Å². The molecule has 3 aliphatic heterocycles. The van der Waals surface area contributed by atoms with Crippen molar-refractivity contribution in [2.24, 2.45) is 11.8 Å². The summed E-state index contributed by atoms with van der Waals surface area (Å²) >= 11 is 6.14. The lowest BCUT2D eigenvalue weighted by Gasteiger charge is -2.44. The summed E-state index contributed by atoms with van der Waals surface area (Å²) in [4.78, 5) is 33.7. The molecule has 2 saturated heterocycles. The molecule has 0 spiro atoms. The number of nitrogen functional groups attached to an aromatic ring is 1. The summed E-state index contributed by atoms with van der Waals surface area (Å²) < 4.78 is 41.4. The number of nitrogens with zero attached hydrogens (tertiary/aromatic N) is 4. The number of aryl methyl sites for hydroxylation is 1. The second kappa shape index (κ2) is 14.5. The van der Waals surface area contributed by atoms with Crippen LogP contribution in [0.1, 0.15) is 73.6 Å². The molecule has 8 nitrogen and oxygen atoms in total. The van der Waals surface area contributed by atoms with Gasteiger partial charge in [0, 0.05) is 57.3 Å². The minimum absolute atomic E-state index is 0.0558. The Hall–Kier alpha value is -2.86. The zero-order valence-corrected chi connectivity index (χ0v) is 28.3. The monoisotopic (exact) mass is 688 g/mol. The van der Waals surface area contributed by atoms with Crippen LogP contribution in [0.2, 0.25) is 5.02 Å². The van der Waals surface area contributed by atoms with Crippen LogP contribution in [-0.2, 0) is 35.2 Å². The van der Waals surface area contributed by atoms with Crippen LogP contribution in [0.15, 0.2) is 36.4 Å². The third-order valence-electron chi connectivity index (χ3n) is 11.2. The highest BCUT2D eigenvalue weighted by molar-refractivity contribution is 6.33. The van der Waals surface area contributed by atoms with E-state index >= 15 is 0 Å². The minimum Gasteiger partial charge on any atom is -0.785 e. The maximum Gasteiger partial charge on any atom is 0.418 e. The summed E-state index contributed by atoms with van der Waals surface area (Å²) in [5.41, 5.74) is 6.60. The Balaban J connectivity index is 1.12. The standard InChI is InChI=1S/C36H46ClF3N5O3/c1-42(28-7-8-28)29-12-16-44(17-13-29)35(47)27(18-23-19-30(36(38,39)40)34(41)31(37)20-23)21-33(46)43-14-10-25(11-15-43)32-9-6-24-4-2-3-5-26(24)22-45(32)48/h2-5,19-20,25,27-29,32H,6-18,21-22,41H2,1H3/q-1/t27-,32?/m0/s1. The molecule has 48 heavy (non-hydrogen) atoms. The lowest BCUT2D eigenvalue weighted by atomic mass is 9.86. The molecule has 262 valence electrons. The molecule has 2 amide bonds. The molecule has 2 aromatic carbocycles. The number of amides is 2. The summed E-state index contributed by atoms with van der Waals surface area (Å²) in [7, 11) is 2.14. The number of alkyl halides is 3. The summed E-state index contributed by atoms with van der Waals surface area (Å²) in [6.45, 7) is 2.41. The molecule has 3 fully saturated rings. The predicted molar refractivity (Wildman–Crippen MR) is 180 cm³/mol. The Bertz CT molecular complexity index is 1470. The van der Waals surface area contributed by atoms with E-state index in [0.717, 1.165) is 37.3 Å². The quantitative estimate of drug-likeness (QED) is 0.336. The molecular weight excluding hydrogens is 643 g/mol. The summed E-state index contributed by atoms with van der Waals surface area (Å²) in [5, 5.41) is 14.1. The number of carbonyl (C=O) groups excluding carboxylic acids is 2. The van der Waals surface area contributed by atoms with E-state index in [1.807, 2.05) is 18.2 Å². The molecule has 2 atom stereocenters. The number of hydrogen-bond acceptors (Lipinski definition) is 6. The van der Waals surface area contributed by atoms with Crippen molar-refractivity contribution >= 4 is 29.1 Å². The van der Waals surface area contributed by atoms with Crippen molar-refractivity contribution in [3.63, 3.8) is 0 Å². The largest absolute Gasteiger partial charge is 0.785 e. The summed E-state index contributed by atoms with van der Waals surface area (Å²) in [6, 6.07) is 11.3. The lowest BCUT2D eigenvalue weighted by molar-refractivity contribution is -0.143. The van der Waals surface area contributed by atoms with Gasteiger partial charge in [0.2, 0.25) is 11.8 Å². The Kier molecular flexibility index (Phi) is 10.6. The van der Waals surface area contributed by atoms with Gasteiger partial charge in [-0.1, -0.05) is 35.9 Å². The van der Waals surface area contributed by atoms with Crippen LogP contribution in [0.5, 0.6) is 0 Å². The number of hydroxylamine groups is 2. The van der Waals surface area contributed by atoms with Crippen LogP contribution in [0, 0.1) is 17.0 Å². The molecule has 6 rings (SSSR count). The van der Waals surface area contributed by atoms with E-state index in [-0.39, 0.29) is 47.2 Å². The average molecular weight is 689 g/mol. The van der Waals surface area contributed by atoms with Crippen LogP contribution >= 0.6 is 11.6 Å². The Labute approximate surface area is 285 Å². The zero-order chi connectivity index (χ0) is 34.2. The van der Waals surface area contributed by atoms with Gasteiger partial charge in [0.25, 0.3) is 0 Å². The number of carbonyl (C=O) groups is 2. The van der Waals surface area contributed by atoms with Gasteiger partial charge >= 0.3 is 6.18 Å². The highest BCUT2D eigenvalue weighted by Gasteiger charge is 2.38.